The van der Waals surface area contributed by atoms with E-state index in [2.05, 4.69) is 46.0 Å². The number of hydrogen-bond acceptors (Lipinski definition) is 2. The molecule has 0 fully saturated rings. The lowest BCUT2D eigenvalue weighted by molar-refractivity contribution is -0.117. The zero-order valence-electron chi connectivity index (χ0n) is 9.66. The van der Waals surface area contributed by atoms with E-state index in [0.717, 1.165) is 17.6 Å². The molecule has 0 N–H and O–H groups in total. The van der Waals surface area contributed by atoms with E-state index in [1.165, 1.54) is 11.3 Å². The molecule has 1 aliphatic heterocycles. The molecule has 1 heterocycles. The lowest BCUT2D eigenvalue weighted by atomic mass is 9.96. The summed E-state index contributed by atoms with van der Waals surface area (Å²) in [5.41, 5.74) is 2.60. The van der Waals surface area contributed by atoms with E-state index in [1.54, 1.807) is 6.92 Å². The maximum Gasteiger partial charge on any atom is 0.130 e. The number of carbonyl (C=O) groups excluding carboxylic acids is 1. The molecule has 3 heteroatoms. The van der Waals surface area contributed by atoms with Gasteiger partial charge in [-0.15, -0.1) is 0 Å². The molecule has 0 spiro atoms. The van der Waals surface area contributed by atoms with Crippen molar-refractivity contribution in [2.24, 2.45) is 0 Å². The smallest absolute Gasteiger partial charge is 0.130 e. The van der Waals surface area contributed by atoms with Crippen LogP contribution in [-0.2, 0) is 4.79 Å². The molecule has 86 valence electrons. The van der Waals surface area contributed by atoms with Crippen molar-refractivity contribution < 1.29 is 4.79 Å². The number of Topliss-reactive ketones (excluding diaryl/α,β-unsaturated/α-hetero) is 1. The first-order valence-electron chi connectivity index (χ1n) is 5.65. The Kier molecular flexibility index (Phi) is 3.33. The molecule has 0 aliphatic carbocycles. The summed E-state index contributed by atoms with van der Waals surface area (Å²) in [6, 6.07) is 6.36. The number of ketones is 1. The van der Waals surface area contributed by atoms with Crippen LogP contribution >= 0.6 is 15.9 Å². The lowest BCUT2D eigenvalue weighted by Crippen LogP contribution is -2.21. The van der Waals surface area contributed by atoms with Crippen LogP contribution in [0.3, 0.4) is 0 Å². The van der Waals surface area contributed by atoms with Crippen LogP contribution in [0.4, 0.5) is 5.69 Å². The predicted octanol–water partition coefficient (Wildman–Crippen LogP) is 3.35. The Hall–Kier alpha value is -0.830. The van der Waals surface area contributed by atoms with Crippen LogP contribution in [0, 0.1) is 0 Å². The summed E-state index contributed by atoms with van der Waals surface area (Å²) in [6.07, 6.45) is 0.653. The van der Waals surface area contributed by atoms with Crippen LogP contribution in [0.5, 0.6) is 0 Å². The topological polar surface area (TPSA) is 20.3 Å². The van der Waals surface area contributed by atoms with Crippen molar-refractivity contribution in [2.45, 2.75) is 26.2 Å². The summed E-state index contributed by atoms with van der Waals surface area (Å²) in [7, 11) is 0. The van der Waals surface area contributed by atoms with E-state index in [4.69, 9.17) is 0 Å². The molecule has 0 amide bonds. The molecule has 1 aromatic carbocycles. The molecule has 0 saturated carbocycles. The third kappa shape index (κ3) is 2.14. The third-order valence-corrected chi connectivity index (χ3v) is 3.62. The van der Waals surface area contributed by atoms with Gasteiger partial charge in [0.25, 0.3) is 0 Å². The van der Waals surface area contributed by atoms with Crippen molar-refractivity contribution in [1.29, 1.82) is 0 Å². The average Bonchev–Trinajstić information content (AvgIpc) is 2.55. The van der Waals surface area contributed by atoms with E-state index in [-0.39, 0.29) is 5.78 Å². The van der Waals surface area contributed by atoms with Crippen molar-refractivity contribution in [3.8, 4) is 0 Å². The van der Waals surface area contributed by atoms with Gasteiger partial charge in [-0.25, -0.2) is 0 Å². The summed E-state index contributed by atoms with van der Waals surface area (Å²) < 4.78 is 1.10. The second-order valence-electron chi connectivity index (χ2n) is 4.34. The summed E-state index contributed by atoms with van der Waals surface area (Å²) in [4.78, 5) is 13.6. The summed E-state index contributed by atoms with van der Waals surface area (Å²) in [5.74, 6) is 0.638. The molecule has 0 aromatic heterocycles. The Morgan fingerprint density at radius 1 is 1.56 bits per heavy atom. The van der Waals surface area contributed by atoms with Crippen molar-refractivity contribution in [2.75, 3.05) is 18.0 Å². The second kappa shape index (κ2) is 4.58. The number of nitrogens with zero attached hydrogens (tertiary/aromatic N) is 1. The van der Waals surface area contributed by atoms with Gasteiger partial charge in [0.1, 0.15) is 5.78 Å². The second-order valence-corrected chi connectivity index (χ2v) is 5.26. The first kappa shape index (κ1) is 11.6. The van der Waals surface area contributed by atoms with Gasteiger partial charge < -0.3 is 9.69 Å². The van der Waals surface area contributed by atoms with Crippen LogP contribution in [-0.4, -0.2) is 18.9 Å². The first-order valence-corrected chi connectivity index (χ1v) is 6.45. The minimum absolute atomic E-state index is 0.272. The molecule has 0 bridgehead atoms. The summed E-state index contributed by atoms with van der Waals surface area (Å²) >= 11 is 3.50. The largest absolute Gasteiger partial charge is 0.371 e. The summed E-state index contributed by atoms with van der Waals surface area (Å²) in [5, 5.41) is 0. The maximum absolute atomic E-state index is 11.3. The van der Waals surface area contributed by atoms with Gasteiger partial charge in [0.2, 0.25) is 0 Å². The Morgan fingerprint density at radius 2 is 2.31 bits per heavy atom. The minimum atomic E-state index is 0.272. The fourth-order valence-corrected chi connectivity index (χ4v) is 2.80. The SMILES string of the molecule is CCN1CC(CC(C)=O)c2cc(Br)ccc21. The van der Waals surface area contributed by atoms with Crippen LogP contribution in [0.1, 0.15) is 31.7 Å². The fraction of sp³-hybridized carbons (Fsp3) is 0.462. The van der Waals surface area contributed by atoms with Crippen LogP contribution in [0.15, 0.2) is 22.7 Å². The number of carbonyl (C=O) groups is 1. The van der Waals surface area contributed by atoms with Gasteiger partial charge in [-0.3, -0.25) is 0 Å². The Balaban J connectivity index is 2.35. The van der Waals surface area contributed by atoms with Crippen molar-refractivity contribution in [3.63, 3.8) is 0 Å². The van der Waals surface area contributed by atoms with E-state index in [0.29, 0.717) is 12.3 Å². The zero-order valence-corrected chi connectivity index (χ0v) is 11.3. The monoisotopic (exact) mass is 281 g/mol. The van der Waals surface area contributed by atoms with Gasteiger partial charge in [-0.2, -0.15) is 0 Å². The molecule has 16 heavy (non-hydrogen) atoms. The number of hydrogen-bond donors (Lipinski definition) is 0. The third-order valence-electron chi connectivity index (χ3n) is 3.13. The van der Waals surface area contributed by atoms with Gasteiger partial charge in [0.15, 0.2) is 0 Å². The van der Waals surface area contributed by atoms with Gasteiger partial charge >= 0.3 is 0 Å². The number of rotatable bonds is 3. The molecule has 1 aliphatic rings. The molecule has 2 nitrogen and oxygen atoms in total. The minimum Gasteiger partial charge on any atom is -0.371 e. The fourth-order valence-electron chi connectivity index (χ4n) is 2.42. The van der Waals surface area contributed by atoms with Crippen LogP contribution in [0.2, 0.25) is 0 Å². The molecule has 0 saturated heterocycles. The molecule has 0 radical (unpaired) electrons. The van der Waals surface area contributed by atoms with Crippen LogP contribution in [0.25, 0.3) is 0 Å². The highest BCUT2D eigenvalue weighted by molar-refractivity contribution is 9.10. The van der Waals surface area contributed by atoms with Crippen molar-refractivity contribution in [3.05, 3.63) is 28.2 Å². The zero-order chi connectivity index (χ0) is 11.7. The number of fused-ring (bicyclic) bond motifs is 1. The molecule has 1 aromatic rings. The van der Waals surface area contributed by atoms with E-state index in [1.807, 2.05) is 0 Å². The predicted molar refractivity (Wildman–Crippen MR) is 70.1 cm³/mol. The van der Waals surface area contributed by atoms with E-state index >= 15 is 0 Å². The Bertz CT molecular complexity index is 416. The Morgan fingerprint density at radius 3 is 2.94 bits per heavy atom. The normalized spacial score (nSPS) is 18.7. The van der Waals surface area contributed by atoms with E-state index in [9.17, 15) is 4.79 Å². The van der Waals surface area contributed by atoms with Gasteiger partial charge in [-0.1, -0.05) is 15.9 Å². The standard InChI is InChI=1S/C13H16BrNO/c1-3-15-8-10(6-9(2)16)12-7-11(14)4-5-13(12)15/h4-5,7,10H,3,6,8H2,1-2H3. The quantitative estimate of drug-likeness (QED) is 0.847. The number of anilines is 1. The average molecular weight is 282 g/mol. The maximum atomic E-state index is 11.3. The molecular weight excluding hydrogens is 266 g/mol. The number of benzene rings is 1. The highest BCUT2D eigenvalue weighted by Gasteiger charge is 2.28. The van der Waals surface area contributed by atoms with Crippen molar-refractivity contribution in [1.82, 2.24) is 0 Å². The molecular formula is C13H16BrNO. The van der Waals surface area contributed by atoms with Gasteiger partial charge in [0, 0.05) is 35.6 Å². The van der Waals surface area contributed by atoms with Gasteiger partial charge in [0.05, 0.1) is 0 Å². The highest BCUT2D eigenvalue weighted by Crippen LogP contribution is 2.39. The summed E-state index contributed by atoms with van der Waals surface area (Å²) in [6.45, 7) is 5.80. The highest BCUT2D eigenvalue weighted by atomic mass is 79.9. The molecule has 1 atom stereocenters. The molecule has 2 rings (SSSR count). The molecule has 1 unspecified atom stereocenters. The van der Waals surface area contributed by atoms with E-state index < -0.39 is 0 Å². The van der Waals surface area contributed by atoms with Crippen LogP contribution < -0.4 is 4.90 Å². The van der Waals surface area contributed by atoms with Gasteiger partial charge in [-0.05, 0) is 37.6 Å². The number of halogens is 1. The number of likely N-dealkylation sites (N-methyl/N-ethyl adjacent to an activating group) is 1. The Labute approximate surface area is 105 Å². The lowest BCUT2D eigenvalue weighted by Gasteiger charge is -2.16. The first-order chi connectivity index (χ1) is 7.61. The van der Waals surface area contributed by atoms with Crippen molar-refractivity contribution >= 4 is 27.4 Å².